The summed E-state index contributed by atoms with van der Waals surface area (Å²) < 4.78 is 12.8. The van der Waals surface area contributed by atoms with Gasteiger partial charge in [-0.2, -0.15) is 0 Å². The number of amidine groups is 2. The zero-order chi connectivity index (χ0) is 14.5. The van der Waals surface area contributed by atoms with Crippen LogP contribution in [-0.4, -0.2) is 11.7 Å². The molecule has 0 aliphatic rings. The first-order chi connectivity index (χ1) is 9.54. The molecule has 5 heteroatoms. The van der Waals surface area contributed by atoms with Gasteiger partial charge in [0.1, 0.15) is 5.82 Å². The number of aliphatic imine (C=N–C) groups is 2. The maximum Gasteiger partial charge on any atom is 0.166 e. The summed E-state index contributed by atoms with van der Waals surface area (Å²) in [6, 6.07) is 13.2. The van der Waals surface area contributed by atoms with Gasteiger partial charge in [-0.1, -0.05) is 17.7 Å². The number of halogens is 1. The summed E-state index contributed by atoms with van der Waals surface area (Å²) >= 11 is 0. The number of hydrogen-bond donors (Lipinski definition) is 2. The van der Waals surface area contributed by atoms with Gasteiger partial charge in [-0.3, -0.25) is 0 Å². The average Bonchev–Trinajstić information content (AvgIpc) is 2.44. The van der Waals surface area contributed by atoms with Gasteiger partial charge in [-0.25, -0.2) is 14.4 Å². The molecule has 0 amide bonds. The fourth-order valence-corrected chi connectivity index (χ4v) is 1.53. The summed E-state index contributed by atoms with van der Waals surface area (Å²) in [5, 5.41) is 0. The standard InChI is InChI=1S/C15H15FN4/c1-10-2-6-12(7-3-10)19-14(17)15(18)20-13-8-4-11(16)5-9-13/h2-9H,1H3,(H2,17,19)(H2,18,20). The molecule has 0 saturated carbocycles. The molecule has 0 atom stereocenters. The fraction of sp³-hybridized carbons (Fsp3) is 0.0667. The third-order valence-corrected chi connectivity index (χ3v) is 2.62. The predicted octanol–water partition coefficient (Wildman–Crippen LogP) is 2.81. The summed E-state index contributed by atoms with van der Waals surface area (Å²) in [4.78, 5) is 8.26. The minimum absolute atomic E-state index is 0.0946. The van der Waals surface area contributed by atoms with E-state index in [2.05, 4.69) is 9.98 Å². The number of nitrogens with zero attached hydrogens (tertiary/aromatic N) is 2. The molecule has 2 aromatic carbocycles. The van der Waals surface area contributed by atoms with Gasteiger partial charge >= 0.3 is 0 Å². The Morgan fingerprint density at radius 2 is 1.20 bits per heavy atom. The Morgan fingerprint density at radius 1 is 0.800 bits per heavy atom. The van der Waals surface area contributed by atoms with Crippen LogP contribution in [0.15, 0.2) is 58.5 Å². The normalized spacial score (nSPS) is 12.5. The molecule has 0 bridgehead atoms. The van der Waals surface area contributed by atoms with Crippen LogP contribution in [0.4, 0.5) is 15.8 Å². The molecule has 0 aliphatic heterocycles. The Balaban J connectivity index is 2.21. The molecule has 20 heavy (non-hydrogen) atoms. The van der Waals surface area contributed by atoms with E-state index >= 15 is 0 Å². The average molecular weight is 270 g/mol. The van der Waals surface area contributed by atoms with Crippen LogP contribution in [0.25, 0.3) is 0 Å². The number of nitrogens with two attached hydrogens (primary N) is 2. The van der Waals surface area contributed by atoms with Crippen molar-refractivity contribution in [3.63, 3.8) is 0 Å². The van der Waals surface area contributed by atoms with Crippen molar-refractivity contribution in [2.45, 2.75) is 6.92 Å². The molecule has 0 spiro atoms. The third kappa shape index (κ3) is 3.65. The Bertz CT molecular complexity index is 583. The Hall–Kier alpha value is -2.69. The minimum Gasteiger partial charge on any atom is -0.381 e. The Labute approximate surface area is 116 Å². The van der Waals surface area contributed by atoms with Gasteiger partial charge in [-0.15, -0.1) is 0 Å². The molecule has 0 saturated heterocycles. The van der Waals surface area contributed by atoms with E-state index in [-0.39, 0.29) is 17.5 Å². The van der Waals surface area contributed by atoms with Crippen molar-refractivity contribution < 1.29 is 4.39 Å². The van der Waals surface area contributed by atoms with Crippen molar-refractivity contribution in [2.24, 2.45) is 21.5 Å². The van der Waals surface area contributed by atoms with Gasteiger partial charge < -0.3 is 11.5 Å². The third-order valence-electron chi connectivity index (χ3n) is 2.62. The summed E-state index contributed by atoms with van der Waals surface area (Å²) in [7, 11) is 0. The highest BCUT2D eigenvalue weighted by Crippen LogP contribution is 2.14. The number of rotatable bonds is 2. The van der Waals surface area contributed by atoms with Gasteiger partial charge in [-0.05, 0) is 43.3 Å². The number of benzene rings is 2. The summed E-state index contributed by atoms with van der Waals surface area (Å²) in [6.45, 7) is 1.99. The first kappa shape index (κ1) is 13.7. The Kier molecular flexibility index (Phi) is 4.10. The van der Waals surface area contributed by atoms with Crippen LogP contribution in [0.5, 0.6) is 0 Å². The van der Waals surface area contributed by atoms with E-state index in [0.29, 0.717) is 11.4 Å². The van der Waals surface area contributed by atoms with Crippen LogP contribution in [0.1, 0.15) is 5.56 Å². The molecule has 2 rings (SSSR count). The predicted molar refractivity (Wildman–Crippen MR) is 80.1 cm³/mol. The molecule has 0 heterocycles. The van der Waals surface area contributed by atoms with Crippen LogP contribution in [0, 0.1) is 12.7 Å². The van der Waals surface area contributed by atoms with Gasteiger partial charge in [0, 0.05) is 0 Å². The molecule has 2 aromatic rings. The molecule has 4 nitrogen and oxygen atoms in total. The van der Waals surface area contributed by atoms with Crippen LogP contribution in [-0.2, 0) is 0 Å². The van der Waals surface area contributed by atoms with Crippen LogP contribution in [0.3, 0.4) is 0 Å². The lowest BCUT2D eigenvalue weighted by Crippen LogP contribution is -2.30. The zero-order valence-electron chi connectivity index (χ0n) is 11.0. The van der Waals surface area contributed by atoms with Crippen molar-refractivity contribution >= 4 is 23.0 Å². The van der Waals surface area contributed by atoms with Crippen molar-refractivity contribution in [1.29, 1.82) is 0 Å². The molecule has 102 valence electrons. The first-order valence-electron chi connectivity index (χ1n) is 6.05. The summed E-state index contributed by atoms with van der Waals surface area (Å²) in [5.41, 5.74) is 13.9. The molecular formula is C15H15FN4. The highest BCUT2D eigenvalue weighted by Gasteiger charge is 2.01. The van der Waals surface area contributed by atoms with Crippen LogP contribution < -0.4 is 11.5 Å². The largest absolute Gasteiger partial charge is 0.381 e. The van der Waals surface area contributed by atoms with Gasteiger partial charge in [0.2, 0.25) is 0 Å². The summed E-state index contributed by atoms with van der Waals surface area (Å²) in [5.74, 6) is -0.112. The smallest absolute Gasteiger partial charge is 0.166 e. The summed E-state index contributed by atoms with van der Waals surface area (Å²) in [6.07, 6.45) is 0. The monoisotopic (exact) mass is 270 g/mol. The maximum atomic E-state index is 12.8. The lowest BCUT2D eigenvalue weighted by Gasteiger charge is -2.01. The molecule has 4 N–H and O–H groups in total. The lowest BCUT2D eigenvalue weighted by atomic mass is 10.2. The minimum atomic E-state index is -0.330. The molecule has 0 aromatic heterocycles. The topological polar surface area (TPSA) is 76.8 Å². The van der Waals surface area contributed by atoms with Crippen molar-refractivity contribution in [3.8, 4) is 0 Å². The lowest BCUT2D eigenvalue weighted by molar-refractivity contribution is 0.628. The second-order valence-electron chi connectivity index (χ2n) is 4.31. The molecular weight excluding hydrogens is 255 g/mol. The number of hydrogen-bond acceptors (Lipinski definition) is 2. The van der Waals surface area contributed by atoms with Crippen molar-refractivity contribution in [1.82, 2.24) is 0 Å². The highest BCUT2D eigenvalue weighted by molar-refractivity contribution is 6.40. The zero-order valence-corrected chi connectivity index (χ0v) is 11.0. The van der Waals surface area contributed by atoms with E-state index in [1.165, 1.54) is 24.3 Å². The molecule has 0 radical (unpaired) electrons. The van der Waals surface area contributed by atoms with Crippen molar-refractivity contribution in [2.75, 3.05) is 0 Å². The maximum absolute atomic E-state index is 12.8. The number of aryl methyl sites for hydroxylation is 1. The molecule has 0 unspecified atom stereocenters. The van der Waals surface area contributed by atoms with E-state index in [4.69, 9.17) is 11.5 Å². The van der Waals surface area contributed by atoms with Gasteiger partial charge in [0.05, 0.1) is 11.4 Å². The molecule has 0 aliphatic carbocycles. The first-order valence-corrected chi connectivity index (χ1v) is 6.05. The van der Waals surface area contributed by atoms with Gasteiger partial charge in [0.15, 0.2) is 11.7 Å². The van der Waals surface area contributed by atoms with E-state index in [0.717, 1.165) is 5.56 Å². The van der Waals surface area contributed by atoms with Gasteiger partial charge in [0.25, 0.3) is 0 Å². The second-order valence-corrected chi connectivity index (χ2v) is 4.31. The quantitative estimate of drug-likeness (QED) is 0.650. The van der Waals surface area contributed by atoms with E-state index in [1.807, 2.05) is 31.2 Å². The van der Waals surface area contributed by atoms with Crippen LogP contribution >= 0.6 is 0 Å². The Morgan fingerprint density at radius 3 is 1.65 bits per heavy atom. The van der Waals surface area contributed by atoms with E-state index in [1.54, 1.807) is 0 Å². The van der Waals surface area contributed by atoms with E-state index in [9.17, 15) is 4.39 Å². The van der Waals surface area contributed by atoms with E-state index < -0.39 is 0 Å². The SMILES string of the molecule is Cc1ccc(N=C(N)C(N)=Nc2ccc(F)cc2)cc1. The molecule has 0 fully saturated rings. The van der Waals surface area contributed by atoms with Crippen LogP contribution in [0.2, 0.25) is 0 Å². The second kappa shape index (κ2) is 5.97. The fourth-order valence-electron chi connectivity index (χ4n) is 1.53. The van der Waals surface area contributed by atoms with Crippen molar-refractivity contribution in [3.05, 3.63) is 59.9 Å². The highest BCUT2D eigenvalue weighted by atomic mass is 19.1.